The molecule has 1 fully saturated rings. The first-order valence-corrected chi connectivity index (χ1v) is 5.32. The fraction of sp³-hybridized carbons (Fsp3) is 0.750. The van der Waals surface area contributed by atoms with E-state index in [0.29, 0.717) is 5.41 Å². The molecule has 0 heterocycles. The van der Waals surface area contributed by atoms with Gasteiger partial charge >= 0.3 is 5.97 Å². The SMILES string of the molecule is CC(C)(C)C1CCC(=CC(=O)O)CC1. The molecule has 0 bridgehead atoms. The Hall–Kier alpha value is -0.790. The number of carboxylic acid groups (broad SMARTS) is 1. The lowest BCUT2D eigenvalue weighted by atomic mass is 9.71. The predicted octanol–water partition coefficient (Wildman–Crippen LogP) is 3.23. The summed E-state index contributed by atoms with van der Waals surface area (Å²) in [7, 11) is 0. The summed E-state index contributed by atoms with van der Waals surface area (Å²) in [5.74, 6) is -0.0531. The number of carbonyl (C=O) groups is 1. The highest BCUT2D eigenvalue weighted by Gasteiger charge is 2.27. The van der Waals surface area contributed by atoms with Gasteiger partial charge in [-0.2, -0.15) is 0 Å². The Morgan fingerprint density at radius 3 is 2.21 bits per heavy atom. The number of hydrogen-bond acceptors (Lipinski definition) is 1. The van der Waals surface area contributed by atoms with Crippen LogP contribution >= 0.6 is 0 Å². The van der Waals surface area contributed by atoms with Gasteiger partial charge < -0.3 is 5.11 Å². The van der Waals surface area contributed by atoms with Crippen LogP contribution in [0.4, 0.5) is 0 Å². The van der Waals surface area contributed by atoms with Crippen molar-refractivity contribution in [2.45, 2.75) is 46.5 Å². The maximum Gasteiger partial charge on any atom is 0.328 e. The third-order valence-corrected chi connectivity index (χ3v) is 3.18. The topological polar surface area (TPSA) is 37.3 Å². The van der Waals surface area contributed by atoms with Gasteiger partial charge in [-0.05, 0) is 37.0 Å². The summed E-state index contributed by atoms with van der Waals surface area (Å²) >= 11 is 0. The highest BCUT2D eigenvalue weighted by atomic mass is 16.4. The second kappa shape index (κ2) is 4.16. The highest BCUT2D eigenvalue weighted by molar-refractivity contribution is 5.80. The van der Waals surface area contributed by atoms with E-state index in [1.807, 2.05) is 0 Å². The van der Waals surface area contributed by atoms with E-state index in [-0.39, 0.29) is 0 Å². The fourth-order valence-electron chi connectivity index (χ4n) is 2.17. The molecule has 1 N–H and O–H groups in total. The average Bonchev–Trinajstić information content (AvgIpc) is 2.02. The van der Waals surface area contributed by atoms with Crippen molar-refractivity contribution in [1.82, 2.24) is 0 Å². The van der Waals surface area contributed by atoms with Crippen LogP contribution in [0.5, 0.6) is 0 Å². The number of aliphatic carboxylic acids is 1. The number of hydrogen-bond donors (Lipinski definition) is 1. The molecular formula is C12H20O2. The zero-order chi connectivity index (χ0) is 10.8. The minimum atomic E-state index is -0.797. The van der Waals surface area contributed by atoms with Crippen molar-refractivity contribution in [3.05, 3.63) is 11.6 Å². The Balaban J connectivity index is 2.51. The van der Waals surface area contributed by atoms with Crippen molar-refractivity contribution >= 4 is 5.97 Å². The molecule has 0 spiro atoms. The largest absolute Gasteiger partial charge is 0.478 e. The maximum absolute atomic E-state index is 10.5. The van der Waals surface area contributed by atoms with Crippen LogP contribution in [-0.2, 0) is 4.79 Å². The van der Waals surface area contributed by atoms with Crippen LogP contribution in [0.15, 0.2) is 11.6 Å². The second-order valence-corrected chi connectivity index (χ2v) is 5.28. The van der Waals surface area contributed by atoms with E-state index < -0.39 is 5.97 Å². The predicted molar refractivity (Wildman–Crippen MR) is 57.1 cm³/mol. The zero-order valence-electron chi connectivity index (χ0n) is 9.34. The summed E-state index contributed by atoms with van der Waals surface area (Å²) < 4.78 is 0. The minimum absolute atomic E-state index is 0.370. The van der Waals surface area contributed by atoms with Crippen LogP contribution in [0.25, 0.3) is 0 Å². The van der Waals surface area contributed by atoms with E-state index in [9.17, 15) is 4.79 Å². The van der Waals surface area contributed by atoms with Crippen LogP contribution in [0.1, 0.15) is 46.5 Å². The van der Waals surface area contributed by atoms with E-state index >= 15 is 0 Å². The van der Waals surface area contributed by atoms with Crippen molar-refractivity contribution in [2.75, 3.05) is 0 Å². The fourth-order valence-corrected chi connectivity index (χ4v) is 2.17. The number of rotatable bonds is 1. The van der Waals surface area contributed by atoms with Crippen LogP contribution < -0.4 is 0 Å². The minimum Gasteiger partial charge on any atom is -0.478 e. The maximum atomic E-state index is 10.5. The van der Waals surface area contributed by atoms with Gasteiger partial charge in [-0.1, -0.05) is 26.3 Å². The van der Waals surface area contributed by atoms with Crippen molar-refractivity contribution in [1.29, 1.82) is 0 Å². The van der Waals surface area contributed by atoms with E-state index in [1.165, 1.54) is 6.08 Å². The van der Waals surface area contributed by atoms with Crippen molar-refractivity contribution in [3.8, 4) is 0 Å². The lowest BCUT2D eigenvalue weighted by Crippen LogP contribution is -2.23. The van der Waals surface area contributed by atoms with Crippen molar-refractivity contribution in [3.63, 3.8) is 0 Å². The molecule has 80 valence electrons. The van der Waals surface area contributed by atoms with Gasteiger partial charge in [0.05, 0.1) is 0 Å². The smallest absolute Gasteiger partial charge is 0.328 e. The van der Waals surface area contributed by atoms with Crippen LogP contribution in [0, 0.1) is 11.3 Å². The van der Waals surface area contributed by atoms with Crippen molar-refractivity contribution < 1.29 is 9.90 Å². The Kier molecular flexibility index (Phi) is 3.35. The van der Waals surface area contributed by atoms with Gasteiger partial charge in [-0.3, -0.25) is 0 Å². The van der Waals surface area contributed by atoms with Crippen LogP contribution in [0.2, 0.25) is 0 Å². The molecule has 1 saturated carbocycles. The number of carboxylic acids is 1. The lowest BCUT2D eigenvalue weighted by Gasteiger charge is -2.34. The molecule has 2 nitrogen and oxygen atoms in total. The summed E-state index contributed by atoms with van der Waals surface area (Å²) in [4.78, 5) is 10.5. The molecule has 0 atom stereocenters. The Bertz CT molecular complexity index is 236. The normalized spacial score (nSPS) is 23.4. The van der Waals surface area contributed by atoms with Crippen molar-refractivity contribution in [2.24, 2.45) is 11.3 Å². The van der Waals surface area contributed by atoms with Gasteiger partial charge in [0, 0.05) is 6.08 Å². The molecule has 0 aromatic heterocycles. The molecule has 1 aliphatic rings. The van der Waals surface area contributed by atoms with Gasteiger partial charge in [0.15, 0.2) is 0 Å². The zero-order valence-corrected chi connectivity index (χ0v) is 9.34. The molecule has 1 rings (SSSR count). The third-order valence-electron chi connectivity index (χ3n) is 3.18. The van der Waals surface area contributed by atoms with E-state index in [4.69, 9.17) is 5.11 Å². The molecule has 1 aliphatic carbocycles. The summed E-state index contributed by atoms with van der Waals surface area (Å²) in [5.41, 5.74) is 1.48. The van der Waals surface area contributed by atoms with Gasteiger partial charge in [0.1, 0.15) is 0 Å². The molecular weight excluding hydrogens is 176 g/mol. The molecule has 2 heteroatoms. The number of allylic oxidation sites excluding steroid dienone is 1. The van der Waals surface area contributed by atoms with Crippen LogP contribution in [-0.4, -0.2) is 11.1 Å². The van der Waals surface area contributed by atoms with E-state index in [0.717, 1.165) is 37.2 Å². The van der Waals surface area contributed by atoms with E-state index in [1.54, 1.807) is 0 Å². The molecule has 0 aliphatic heterocycles. The average molecular weight is 196 g/mol. The summed E-state index contributed by atoms with van der Waals surface area (Å²) in [6.45, 7) is 6.80. The lowest BCUT2D eigenvalue weighted by molar-refractivity contribution is -0.131. The standard InChI is InChI=1S/C12H20O2/c1-12(2,3)10-6-4-9(5-7-10)8-11(13)14/h8,10H,4-7H2,1-3H3,(H,13,14). The Labute approximate surface area is 86.0 Å². The first-order valence-electron chi connectivity index (χ1n) is 5.32. The molecule has 0 radical (unpaired) electrons. The third kappa shape index (κ3) is 3.17. The Morgan fingerprint density at radius 2 is 1.86 bits per heavy atom. The summed E-state index contributed by atoms with van der Waals surface area (Å²) in [6.07, 6.45) is 5.60. The first kappa shape index (κ1) is 11.3. The summed E-state index contributed by atoms with van der Waals surface area (Å²) in [6, 6.07) is 0. The summed E-state index contributed by atoms with van der Waals surface area (Å²) in [5, 5.41) is 8.62. The monoisotopic (exact) mass is 196 g/mol. The molecule has 14 heavy (non-hydrogen) atoms. The van der Waals surface area contributed by atoms with Gasteiger partial charge in [-0.25, -0.2) is 4.79 Å². The quantitative estimate of drug-likeness (QED) is 0.654. The molecule has 0 aromatic rings. The van der Waals surface area contributed by atoms with Crippen LogP contribution in [0.3, 0.4) is 0 Å². The Morgan fingerprint density at radius 1 is 1.36 bits per heavy atom. The molecule has 0 unspecified atom stereocenters. The van der Waals surface area contributed by atoms with Gasteiger partial charge in [0.25, 0.3) is 0 Å². The van der Waals surface area contributed by atoms with E-state index in [2.05, 4.69) is 20.8 Å². The second-order valence-electron chi connectivity index (χ2n) is 5.28. The highest BCUT2D eigenvalue weighted by Crippen LogP contribution is 2.39. The van der Waals surface area contributed by atoms with Gasteiger partial charge in [-0.15, -0.1) is 0 Å². The molecule has 0 saturated heterocycles. The molecule has 0 amide bonds. The van der Waals surface area contributed by atoms with Gasteiger partial charge in [0.2, 0.25) is 0 Å². The first-order chi connectivity index (χ1) is 6.39. The molecule has 0 aromatic carbocycles.